The van der Waals surface area contributed by atoms with Gasteiger partial charge in [-0.05, 0) is 54.3 Å². The zero-order valence-electron chi connectivity index (χ0n) is 19.0. The van der Waals surface area contributed by atoms with Crippen molar-refractivity contribution in [3.05, 3.63) is 77.9 Å². The van der Waals surface area contributed by atoms with E-state index in [4.69, 9.17) is 0 Å². The van der Waals surface area contributed by atoms with Crippen LogP contribution in [0, 0.1) is 11.8 Å². The van der Waals surface area contributed by atoms with E-state index >= 15 is 0 Å². The van der Waals surface area contributed by atoms with Crippen LogP contribution in [0.2, 0.25) is 0 Å². The van der Waals surface area contributed by atoms with Gasteiger partial charge < -0.3 is 15.4 Å². The second-order valence-electron chi connectivity index (χ2n) is 8.94. The van der Waals surface area contributed by atoms with Crippen molar-refractivity contribution in [2.45, 2.75) is 25.4 Å². The van der Waals surface area contributed by atoms with Crippen LogP contribution in [0.1, 0.15) is 35.2 Å². The van der Waals surface area contributed by atoms with Gasteiger partial charge in [0.15, 0.2) is 5.78 Å². The van der Waals surface area contributed by atoms with Crippen LogP contribution in [0.5, 0.6) is 0 Å². The molecule has 0 radical (unpaired) electrons. The van der Waals surface area contributed by atoms with Crippen LogP contribution in [0.15, 0.2) is 66.7 Å². The second kappa shape index (κ2) is 9.14. The van der Waals surface area contributed by atoms with Gasteiger partial charge in [0.1, 0.15) is 0 Å². The summed E-state index contributed by atoms with van der Waals surface area (Å²) in [5.41, 5.74) is 2.95. The Kier molecular flexibility index (Phi) is 5.99. The number of nitrogens with zero attached hydrogens (tertiary/aromatic N) is 1. The number of halogens is 3. The number of imidazole rings is 1. The van der Waals surface area contributed by atoms with Gasteiger partial charge in [-0.1, -0.05) is 42.8 Å². The molecule has 1 saturated carbocycles. The fourth-order valence-electron chi connectivity index (χ4n) is 4.73. The minimum atomic E-state index is -4.43. The maximum Gasteiger partial charge on any atom is 0.416 e. The number of benzene rings is 3. The Morgan fingerprint density at radius 1 is 0.917 bits per heavy atom. The first-order chi connectivity index (χ1) is 17.2. The molecule has 1 aliphatic carbocycles. The quantitative estimate of drug-likeness (QED) is 0.261. The first-order valence-corrected chi connectivity index (χ1v) is 11.5. The van der Waals surface area contributed by atoms with Crippen LogP contribution < -0.4 is 5.32 Å². The SMILES string of the molecule is O=C(O)C1CCCC1C(=O)c1ccc(-c2ccc(Nc3nc4cc(C(F)(F)F)ccc4[nH]3)cc2)cc1. The summed E-state index contributed by atoms with van der Waals surface area (Å²) >= 11 is 0. The van der Waals surface area contributed by atoms with Crippen LogP contribution in [0.25, 0.3) is 22.2 Å². The average Bonchev–Trinajstić information content (AvgIpc) is 3.50. The van der Waals surface area contributed by atoms with Gasteiger partial charge in [-0.3, -0.25) is 9.59 Å². The molecule has 3 N–H and O–H groups in total. The van der Waals surface area contributed by atoms with E-state index in [2.05, 4.69) is 15.3 Å². The first kappa shape index (κ1) is 23.6. The Morgan fingerprint density at radius 3 is 2.19 bits per heavy atom. The van der Waals surface area contributed by atoms with Crippen molar-refractivity contribution in [2.75, 3.05) is 5.32 Å². The Hall–Kier alpha value is -4.14. The monoisotopic (exact) mass is 493 g/mol. The fourth-order valence-corrected chi connectivity index (χ4v) is 4.73. The second-order valence-corrected chi connectivity index (χ2v) is 8.94. The number of carbonyl (C=O) groups excluding carboxylic acids is 1. The number of nitrogens with one attached hydrogen (secondary N) is 2. The van der Waals surface area contributed by atoms with Gasteiger partial charge in [0.2, 0.25) is 5.95 Å². The number of anilines is 2. The molecule has 5 rings (SSSR count). The van der Waals surface area contributed by atoms with Crippen LogP contribution in [0.4, 0.5) is 24.8 Å². The molecule has 0 amide bonds. The molecule has 184 valence electrons. The summed E-state index contributed by atoms with van der Waals surface area (Å²) in [5, 5.41) is 12.4. The predicted octanol–water partition coefficient (Wildman–Crippen LogP) is 6.68. The third-order valence-corrected chi connectivity index (χ3v) is 6.63. The number of alkyl halides is 3. The molecule has 1 fully saturated rings. The predicted molar refractivity (Wildman–Crippen MR) is 129 cm³/mol. The zero-order valence-corrected chi connectivity index (χ0v) is 19.0. The minimum absolute atomic E-state index is 0.126. The number of hydrogen-bond donors (Lipinski definition) is 3. The zero-order chi connectivity index (χ0) is 25.4. The number of Topliss-reactive ketones (excluding diaryl/α,β-unsaturated/α-hetero) is 1. The number of carboxylic acid groups (broad SMARTS) is 1. The van der Waals surface area contributed by atoms with E-state index in [-0.39, 0.29) is 11.3 Å². The number of aromatic amines is 1. The maximum atomic E-state index is 12.9. The number of aromatic nitrogens is 2. The molecule has 0 aliphatic heterocycles. The van der Waals surface area contributed by atoms with Crippen molar-refractivity contribution in [1.82, 2.24) is 9.97 Å². The molecule has 2 atom stereocenters. The maximum absolute atomic E-state index is 12.9. The van der Waals surface area contributed by atoms with Crippen LogP contribution in [-0.2, 0) is 11.0 Å². The normalized spacial score (nSPS) is 17.9. The Bertz CT molecular complexity index is 1430. The topological polar surface area (TPSA) is 95.1 Å². The smallest absolute Gasteiger partial charge is 0.416 e. The highest BCUT2D eigenvalue weighted by Crippen LogP contribution is 2.35. The highest BCUT2D eigenvalue weighted by molar-refractivity contribution is 6.00. The third kappa shape index (κ3) is 4.68. The summed E-state index contributed by atoms with van der Waals surface area (Å²) in [5.74, 6) is -1.80. The van der Waals surface area contributed by atoms with Gasteiger partial charge in [-0.15, -0.1) is 0 Å². The van der Waals surface area contributed by atoms with Crippen molar-refractivity contribution in [2.24, 2.45) is 11.8 Å². The Morgan fingerprint density at radius 2 is 1.56 bits per heavy atom. The molecule has 1 heterocycles. The van der Waals surface area contributed by atoms with Crippen LogP contribution in [0.3, 0.4) is 0 Å². The molecule has 9 heteroatoms. The van der Waals surface area contributed by atoms with Crippen molar-refractivity contribution in [3.8, 4) is 11.1 Å². The van der Waals surface area contributed by atoms with E-state index < -0.39 is 29.5 Å². The fraction of sp³-hybridized carbons (Fsp3) is 0.222. The van der Waals surface area contributed by atoms with E-state index in [1.165, 1.54) is 6.07 Å². The number of ketones is 1. The average molecular weight is 493 g/mol. The van der Waals surface area contributed by atoms with E-state index in [0.717, 1.165) is 29.7 Å². The lowest BCUT2D eigenvalue weighted by molar-refractivity contribution is -0.142. The summed E-state index contributed by atoms with van der Waals surface area (Å²) in [6, 6.07) is 17.9. The number of hydrogen-bond acceptors (Lipinski definition) is 4. The van der Waals surface area contributed by atoms with Crippen molar-refractivity contribution < 1.29 is 27.9 Å². The minimum Gasteiger partial charge on any atom is -0.481 e. The lowest BCUT2D eigenvalue weighted by Gasteiger charge is -2.14. The van der Waals surface area contributed by atoms with Gasteiger partial charge >= 0.3 is 12.1 Å². The Labute approximate surface area is 204 Å². The third-order valence-electron chi connectivity index (χ3n) is 6.63. The van der Waals surface area contributed by atoms with Gasteiger partial charge in [0.05, 0.1) is 22.5 Å². The molecule has 0 spiro atoms. The molecule has 1 aromatic heterocycles. The van der Waals surface area contributed by atoms with Crippen molar-refractivity contribution in [3.63, 3.8) is 0 Å². The number of carboxylic acids is 1. The van der Waals surface area contributed by atoms with Crippen LogP contribution in [-0.4, -0.2) is 26.8 Å². The first-order valence-electron chi connectivity index (χ1n) is 11.5. The summed E-state index contributed by atoms with van der Waals surface area (Å²) in [6.45, 7) is 0. The van der Waals surface area contributed by atoms with Crippen LogP contribution >= 0.6 is 0 Å². The number of aliphatic carboxylic acids is 1. The summed E-state index contributed by atoms with van der Waals surface area (Å²) < 4.78 is 38.8. The summed E-state index contributed by atoms with van der Waals surface area (Å²) in [7, 11) is 0. The molecule has 36 heavy (non-hydrogen) atoms. The largest absolute Gasteiger partial charge is 0.481 e. The molecule has 4 aromatic rings. The lowest BCUT2D eigenvalue weighted by Crippen LogP contribution is -2.25. The Balaban J connectivity index is 1.28. The molecule has 1 aliphatic rings. The van der Waals surface area contributed by atoms with E-state index in [1.807, 2.05) is 36.4 Å². The van der Waals surface area contributed by atoms with E-state index in [0.29, 0.717) is 35.6 Å². The molecule has 6 nitrogen and oxygen atoms in total. The number of carbonyl (C=O) groups is 2. The highest BCUT2D eigenvalue weighted by Gasteiger charge is 2.38. The number of fused-ring (bicyclic) bond motifs is 1. The molecule has 0 bridgehead atoms. The van der Waals surface area contributed by atoms with Crippen molar-refractivity contribution in [1.29, 1.82) is 0 Å². The number of rotatable bonds is 6. The van der Waals surface area contributed by atoms with Gasteiger partial charge in [-0.2, -0.15) is 13.2 Å². The van der Waals surface area contributed by atoms with E-state index in [1.54, 1.807) is 12.1 Å². The summed E-state index contributed by atoms with van der Waals surface area (Å²) in [6.07, 6.45) is -2.55. The molecule has 0 saturated heterocycles. The van der Waals surface area contributed by atoms with Gasteiger partial charge in [0.25, 0.3) is 0 Å². The molecular weight excluding hydrogens is 471 g/mol. The molecule has 3 aromatic carbocycles. The van der Waals surface area contributed by atoms with Gasteiger partial charge in [-0.25, -0.2) is 4.98 Å². The lowest BCUT2D eigenvalue weighted by atomic mass is 9.88. The number of H-pyrrole nitrogens is 1. The molecular formula is C27H22F3N3O3. The van der Waals surface area contributed by atoms with Crippen molar-refractivity contribution >= 4 is 34.4 Å². The standard InChI is InChI=1S/C27H22F3N3O3/c28-27(29,30)18-10-13-22-23(14-18)33-26(32-22)31-19-11-8-16(9-12-19)15-4-6-17(7-5-15)24(34)20-2-1-3-21(20)25(35)36/h4-14,20-21H,1-3H2,(H,35,36)(H2,31,32,33). The molecule has 2 unspecified atom stereocenters. The van der Waals surface area contributed by atoms with E-state index in [9.17, 15) is 27.9 Å². The van der Waals surface area contributed by atoms with Gasteiger partial charge in [0, 0.05) is 17.2 Å². The summed E-state index contributed by atoms with van der Waals surface area (Å²) in [4.78, 5) is 31.4. The highest BCUT2D eigenvalue weighted by atomic mass is 19.4.